The Labute approximate surface area is 177 Å². The number of carbonyl (C=O) groups is 1. The molecule has 1 N–H and O–H groups in total. The van der Waals surface area contributed by atoms with Gasteiger partial charge in [-0.3, -0.25) is 20.2 Å². The highest BCUT2D eigenvalue weighted by Gasteiger charge is 2.24. The number of methoxy groups -OCH3 is 1. The van der Waals surface area contributed by atoms with Crippen LogP contribution in [0.4, 0.5) is 16.5 Å². The molecule has 0 radical (unpaired) electrons. The third-order valence-electron chi connectivity index (χ3n) is 4.99. The number of amides is 1. The fourth-order valence-corrected chi connectivity index (χ4v) is 4.22. The molecule has 154 valence electrons. The van der Waals surface area contributed by atoms with Crippen molar-refractivity contribution in [2.24, 2.45) is 0 Å². The molecule has 0 aliphatic carbocycles. The number of para-hydroxylation sites is 1. The van der Waals surface area contributed by atoms with E-state index < -0.39 is 10.8 Å². The molecule has 8 nitrogen and oxygen atoms in total. The van der Waals surface area contributed by atoms with Gasteiger partial charge in [0, 0.05) is 35.7 Å². The lowest BCUT2D eigenvalue weighted by Crippen LogP contribution is -2.19. The highest BCUT2D eigenvalue weighted by Crippen LogP contribution is 2.33. The Morgan fingerprint density at radius 1 is 1.23 bits per heavy atom. The molecule has 3 aromatic rings. The Bertz CT molecular complexity index is 1090. The van der Waals surface area contributed by atoms with Crippen molar-refractivity contribution in [3.05, 3.63) is 63.5 Å². The number of thiazole rings is 1. The standard InChI is InChI=1S/C21H20N4O4S/c1-29-19-7-3-2-6-15(19)16-13-30-21(22-16)23-20(26)14-8-9-17(18(12-14)25(27)28)24-10-4-5-11-24/h2-3,6-9,12-13H,4-5,10-11H2,1H3,(H,22,23,26). The van der Waals surface area contributed by atoms with E-state index in [4.69, 9.17) is 4.74 Å². The van der Waals surface area contributed by atoms with Crippen LogP contribution in [0, 0.1) is 10.1 Å². The zero-order chi connectivity index (χ0) is 21.1. The van der Waals surface area contributed by atoms with Gasteiger partial charge in [0.15, 0.2) is 5.13 Å². The van der Waals surface area contributed by atoms with Gasteiger partial charge in [0.1, 0.15) is 11.4 Å². The minimum atomic E-state index is -0.438. The molecule has 2 heterocycles. The maximum Gasteiger partial charge on any atom is 0.293 e. The van der Waals surface area contributed by atoms with Gasteiger partial charge in [-0.05, 0) is 37.1 Å². The minimum absolute atomic E-state index is 0.0570. The summed E-state index contributed by atoms with van der Waals surface area (Å²) in [6, 6.07) is 12.1. The molecular weight excluding hydrogens is 404 g/mol. The predicted molar refractivity (Wildman–Crippen MR) is 117 cm³/mol. The van der Waals surface area contributed by atoms with E-state index >= 15 is 0 Å². The van der Waals surface area contributed by atoms with E-state index in [0.29, 0.717) is 22.3 Å². The number of nitrogens with zero attached hydrogens (tertiary/aromatic N) is 3. The first-order valence-corrected chi connectivity index (χ1v) is 10.4. The van der Waals surface area contributed by atoms with Crippen LogP contribution in [0.5, 0.6) is 5.75 Å². The zero-order valence-corrected chi connectivity index (χ0v) is 17.1. The lowest BCUT2D eigenvalue weighted by Gasteiger charge is -2.17. The Balaban J connectivity index is 1.55. The second-order valence-corrected chi connectivity index (χ2v) is 7.71. The summed E-state index contributed by atoms with van der Waals surface area (Å²) in [5, 5.41) is 16.5. The number of hydrogen-bond acceptors (Lipinski definition) is 7. The average Bonchev–Trinajstić information content (AvgIpc) is 3.45. The molecule has 1 aliphatic heterocycles. The van der Waals surface area contributed by atoms with Crippen LogP contribution >= 0.6 is 11.3 Å². The van der Waals surface area contributed by atoms with Crippen LogP contribution in [0.15, 0.2) is 47.8 Å². The molecule has 0 spiro atoms. The highest BCUT2D eigenvalue weighted by molar-refractivity contribution is 7.14. The van der Waals surface area contributed by atoms with Crippen LogP contribution in [-0.4, -0.2) is 36.0 Å². The van der Waals surface area contributed by atoms with Crippen molar-refractivity contribution in [1.29, 1.82) is 0 Å². The second-order valence-electron chi connectivity index (χ2n) is 6.85. The molecule has 2 aromatic carbocycles. The molecule has 1 fully saturated rings. The van der Waals surface area contributed by atoms with Gasteiger partial charge in [0.25, 0.3) is 11.6 Å². The normalized spacial score (nSPS) is 13.3. The Hall–Kier alpha value is -3.46. The molecule has 1 aromatic heterocycles. The quantitative estimate of drug-likeness (QED) is 0.459. The van der Waals surface area contributed by atoms with Crippen molar-refractivity contribution in [2.45, 2.75) is 12.8 Å². The van der Waals surface area contributed by atoms with Crippen LogP contribution in [0.1, 0.15) is 23.2 Å². The third kappa shape index (κ3) is 3.97. The van der Waals surface area contributed by atoms with Crippen molar-refractivity contribution < 1.29 is 14.5 Å². The van der Waals surface area contributed by atoms with Gasteiger partial charge >= 0.3 is 0 Å². The zero-order valence-electron chi connectivity index (χ0n) is 16.3. The summed E-state index contributed by atoms with van der Waals surface area (Å²) in [7, 11) is 1.59. The van der Waals surface area contributed by atoms with Gasteiger partial charge in [-0.2, -0.15) is 0 Å². The summed E-state index contributed by atoms with van der Waals surface area (Å²) in [6.45, 7) is 1.58. The number of aromatic nitrogens is 1. The van der Waals surface area contributed by atoms with Crippen LogP contribution in [0.25, 0.3) is 11.3 Å². The summed E-state index contributed by atoms with van der Waals surface area (Å²) in [6.07, 6.45) is 2.02. The predicted octanol–water partition coefficient (Wildman–Crippen LogP) is 4.58. The van der Waals surface area contributed by atoms with Crippen molar-refractivity contribution >= 4 is 33.8 Å². The molecule has 1 saturated heterocycles. The Morgan fingerprint density at radius 3 is 2.73 bits per heavy atom. The molecular formula is C21H20N4O4S. The van der Waals surface area contributed by atoms with Gasteiger partial charge in [-0.25, -0.2) is 4.98 Å². The number of nitrogens with one attached hydrogen (secondary N) is 1. The number of rotatable bonds is 6. The number of benzene rings is 2. The number of nitro benzene ring substituents is 1. The molecule has 0 saturated carbocycles. The number of anilines is 2. The molecule has 0 unspecified atom stereocenters. The van der Waals surface area contributed by atoms with Crippen molar-refractivity contribution in [2.75, 3.05) is 30.4 Å². The fourth-order valence-electron chi connectivity index (χ4n) is 3.52. The molecule has 30 heavy (non-hydrogen) atoms. The first-order valence-electron chi connectivity index (χ1n) is 9.50. The Kier molecular flexibility index (Phi) is 5.62. The highest BCUT2D eigenvalue weighted by atomic mass is 32.1. The van der Waals surface area contributed by atoms with Crippen molar-refractivity contribution in [3.8, 4) is 17.0 Å². The average molecular weight is 424 g/mol. The number of ether oxygens (including phenoxy) is 1. The van der Waals surface area contributed by atoms with Crippen LogP contribution in [0.3, 0.4) is 0 Å². The first-order chi connectivity index (χ1) is 14.6. The largest absolute Gasteiger partial charge is 0.496 e. The molecule has 0 bridgehead atoms. The minimum Gasteiger partial charge on any atom is -0.496 e. The topological polar surface area (TPSA) is 97.6 Å². The monoisotopic (exact) mass is 424 g/mol. The van der Waals surface area contributed by atoms with Crippen LogP contribution in [0.2, 0.25) is 0 Å². The molecule has 1 aliphatic rings. The van der Waals surface area contributed by atoms with E-state index in [-0.39, 0.29) is 11.3 Å². The summed E-state index contributed by atoms with van der Waals surface area (Å²) in [4.78, 5) is 30.2. The van der Waals surface area contributed by atoms with E-state index in [9.17, 15) is 14.9 Å². The summed E-state index contributed by atoms with van der Waals surface area (Å²) in [5.74, 6) is 0.251. The molecule has 0 atom stereocenters. The third-order valence-corrected chi connectivity index (χ3v) is 5.75. The second kappa shape index (κ2) is 8.50. The van der Waals surface area contributed by atoms with Crippen LogP contribution < -0.4 is 15.0 Å². The number of hydrogen-bond donors (Lipinski definition) is 1. The van der Waals surface area contributed by atoms with Gasteiger partial charge in [-0.15, -0.1) is 11.3 Å². The molecule has 1 amide bonds. The lowest BCUT2D eigenvalue weighted by atomic mass is 10.1. The van der Waals surface area contributed by atoms with Gasteiger partial charge < -0.3 is 9.64 Å². The smallest absolute Gasteiger partial charge is 0.293 e. The lowest BCUT2D eigenvalue weighted by molar-refractivity contribution is -0.384. The van der Waals surface area contributed by atoms with E-state index in [2.05, 4.69) is 10.3 Å². The summed E-state index contributed by atoms with van der Waals surface area (Å²) < 4.78 is 5.36. The van der Waals surface area contributed by atoms with Gasteiger partial charge in [0.05, 0.1) is 17.7 Å². The first kappa shape index (κ1) is 19.8. The fraction of sp³-hybridized carbons (Fsp3) is 0.238. The molecule has 4 rings (SSSR count). The van der Waals surface area contributed by atoms with Gasteiger partial charge in [0.2, 0.25) is 0 Å². The van der Waals surface area contributed by atoms with E-state index in [1.54, 1.807) is 19.2 Å². The van der Waals surface area contributed by atoms with E-state index in [1.165, 1.54) is 17.4 Å². The maximum absolute atomic E-state index is 12.7. The summed E-state index contributed by atoms with van der Waals surface area (Å²) >= 11 is 1.28. The maximum atomic E-state index is 12.7. The number of carbonyl (C=O) groups excluding carboxylic acids is 1. The van der Waals surface area contributed by atoms with Crippen molar-refractivity contribution in [1.82, 2.24) is 4.98 Å². The van der Waals surface area contributed by atoms with E-state index in [0.717, 1.165) is 31.5 Å². The van der Waals surface area contributed by atoms with E-state index in [1.807, 2.05) is 34.5 Å². The van der Waals surface area contributed by atoms with Gasteiger partial charge in [-0.1, -0.05) is 12.1 Å². The summed E-state index contributed by atoms with van der Waals surface area (Å²) in [5.41, 5.74) is 2.23. The SMILES string of the molecule is COc1ccccc1-c1csc(NC(=O)c2ccc(N3CCCC3)c([N+](=O)[O-])c2)n1. The van der Waals surface area contributed by atoms with Crippen molar-refractivity contribution in [3.63, 3.8) is 0 Å². The molecule has 9 heteroatoms. The number of nitro groups is 1. The van der Waals surface area contributed by atoms with Crippen LogP contribution in [-0.2, 0) is 0 Å². The Morgan fingerprint density at radius 2 is 2.00 bits per heavy atom.